The van der Waals surface area contributed by atoms with Gasteiger partial charge in [0.25, 0.3) is 5.78 Å². The van der Waals surface area contributed by atoms with Crippen molar-refractivity contribution in [2.24, 2.45) is 0 Å². The largest absolute Gasteiger partial charge is 0.363 e. The number of fused-ring (bicyclic) bond motifs is 1. The number of nitrogens with one attached hydrogen (secondary N) is 1. The van der Waals surface area contributed by atoms with Crippen molar-refractivity contribution in [3.8, 4) is 0 Å². The highest BCUT2D eigenvalue weighted by molar-refractivity contribution is 7.12. The Hall–Kier alpha value is -1.95. The Labute approximate surface area is 128 Å². The molecule has 0 aliphatic carbocycles. The van der Waals surface area contributed by atoms with Gasteiger partial charge in [-0.25, -0.2) is 4.98 Å². The van der Waals surface area contributed by atoms with E-state index in [2.05, 4.69) is 47.2 Å². The van der Waals surface area contributed by atoms with Crippen molar-refractivity contribution in [1.82, 2.24) is 19.6 Å². The summed E-state index contributed by atoms with van der Waals surface area (Å²) < 4.78 is 1.74. The monoisotopic (exact) mass is 301 g/mol. The Kier molecular flexibility index (Phi) is 3.63. The third-order valence-corrected chi connectivity index (χ3v) is 5.10. The van der Waals surface area contributed by atoms with E-state index in [4.69, 9.17) is 0 Å². The summed E-state index contributed by atoms with van der Waals surface area (Å²) >= 11 is 1.88. The molecule has 1 N–H and O–H groups in total. The van der Waals surface area contributed by atoms with E-state index in [1.807, 2.05) is 24.3 Å². The maximum absolute atomic E-state index is 4.36. The maximum atomic E-state index is 4.36. The zero-order valence-corrected chi connectivity index (χ0v) is 13.5. The fourth-order valence-electron chi connectivity index (χ4n) is 2.44. The van der Waals surface area contributed by atoms with Gasteiger partial charge in [-0.05, 0) is 38.8 Å². The minimum absolute atomic E-state index is 0.225. The Morgan fingerprint density at radius 2 is 2.14 bits per heavy atom. The van der Waals surface area contributed by atoms with Gasteiger partial charge in [0.15, 0.2) is 0 Å². The molecule has 0 saturated heterocycles. The minimum atomic E-state index is 0.225. The summed E-state index contributed by atoms with van der Waals surface area (Å²) in [6.07, 6.45) is 2.62. The molecule has 3 aromatic rings. The number of aryl methyl sites for hydroxylation is 3. The second kappa shape index (κ2) is 5.44. The average molecular weight is 301 g/mol. The molecule has 3 rings (SSSR count). The van der Waals surface area contributed by atoms with Crippen LogP contribution in [-0.2, 0) is 6.42 Å². The number of anilines is 1. The van der Waals surface area contributed by atoms with Gasteiger partial charge in [0.1, 0.15) is 12.1 Å². The first kappa shape index (κ1) is 14.0. The number of nitrogens with zero attached hydrogens (tertiary/aromatic N) is 4. The first-order valence-electron chi connectivity index (χ1n) is 7.11. The summed E-state index contributed by atoms with van der Waals surface area (Å²) in [4.78, 5) is 11.3. The second-order valence-corrected chi connectivity index (χ2v) is 6.40. The fraction of sp³-hybridized carbons (Fsp3) is 0.400. The molecule has 3 heterocycles. The summed E-state index contributed by atoms with van der Waals surface area (Å²) in [5.74, 6) is 1.55. The van der Waals surface area contributed by atoms with Gasteiger partial charge in [0.05, 0.1) is 6.04 Å². The summed E-state index contributed by atoms with van der Waals surface area (Å²) in [5.41, 5.74) is 2.31. The van der Waals surface area contributed by atoms with Gasteiger partial charge in [-0.1, -0.05) is 6.92 Å². The van der Waals surface area contributed by atoms with Crippen LogP contribution < -0.4 is 5.32 Å². The minimum Gasteiger partial charge on any atom is -0.363 e. The van der Waals surface area contributed by atoms with Gasteiger partial charge >= 0.3 is 0 Å². The average Bonchev–Trinajstić information content (AvgIpc) is 3.04. The fourth-order valence-corrected chi connectivity index (χ4v) is 3.56. The molecule has 3 aromatic heterocycles. The maximum Gasteiger partial charge on any atom is 0.254 e. The lowest BCUT2D eigenvalue weighted by Gasteiger charge is -2.14. The van der Waals surface area contributed by atoms with E-state index in [1.165, 1.54) is 21.6 Å². The van der Waals surface area contributed by atoms with Crippen LogP contribution in [0.1, 0.15) is 40.9 Å². The number of aromatic nitrogens is 4. The molecule has 0 bridgehead atoms. The summed E-state index contributed by atoms with van der Waals surface area (Å²) in [6.45, 7) is 8.52. The van der Waals surface area contributed by atoms with E-state index >= 15 is 0 Å². The molecular weight excluding hydrogens is 282 g/mol. The Bertz CT molecular complexity index is 774. The highest BCUT2D eigenvalue weighted by Crippen LogP contribution is 2.29. The van der Waals surface area contributed by atoms with Crippen molar-refractivity contribution in [3.05, 3.63) is 39.5 Å². The molecule has 1 unspecified atom stereocenters. The van der Waals surface area contributed by atoms with Crippen LogP contribution in [0.5, 0.6) is 0 Å². The van der Waals surface area contributed by atoms with Gasteiger partial charge in [-0.15, -0.1) is 11.3 Å². The molecule has 0 amide bonds. The first-order chi connectivity index (χ1) is 10.1. The molecule has 110 valence electrons. The summed E-state index contributed by atoms with van der Waals surface area (Å²) in [6, 6.07) is 4.50. The van der Waals surface area contributed by atoms with Crippen LogP contribution in [0.2, 0.25) is 0 Å². The van der Waals surface area contributed by atoms with E-state index in [9.17, 15) is 0 Å². The van der Waals surface area contributed by atoms with Crippen LogP contribution in [0.15, 0.2) is 18.5 Å². The molecule has 1 atom stereocenters. The van der Waals surface area contributed by atoms with E-state index in [-0.39, 0.29) is 6.04 Å². The molecule has 6 heteroatoms. The number of rotatable bonds is 4. The van der Waals surface area contributed by atoms with Crippen molar-refractivity contribution in [2.75, 3.05) is 5.32 Å². The topological polar surface area (TPSA) is 55.1 Å². The van der Waals surface area contributed by atoms with Crippen molar-refractivity contribution >= 4 is 22.9 Å². The molecular formula is C15H19N5S. The SMILES string of the molecule is CCc1sc(C(C)Nc2cc(C)nc3ncnn23)cc1C. The first-order valence-corrected chi connectivity index (χ1v) is 7.93. The lowest BCUT2D eigenvalue weighted by Crippen LogP contribution is -2.10. The lowest BCUT2D eigenvalue weighted by molar-refractivity contribution is 0.850. The van der Waals surface area contributed by atoms with Gasteiger partial charge < -0.3 is 5.32 Å². The Morgan fingerprint density at radius 3 is 2.86 bits per heavy atom. The summed E-state index contributed by atoms with van der Waals surface area (Å²) in [7, 11) is 0. The molecule has 0 aromatic carbocycles. The number of thiophene rings is 1. The van der Waals surface area contributed by atoms with E-state index in [0.717, 1.165) is 17.9 Å². The third kappa shape index (κ3) is 2.63. The highest BCUT2D eigenvalue weighted by atomic mass is 32.1. The van der Waals surface area contributed by atoms with Crippen molar-refractivity contribution in [1.29, 1.82) is 0 Å². The Morgan fingerprint density at radius 1 is 1.33 bits per heavy atom. The van der Waals surface area contributed by atoms with Crippen molar-refractivity contribution < 1.29 is 0 Å². The molecule has 0 fully saturated rings. The predicted octanol–water partition coefficient (Wildman–Crippen LogP) is 3.54. The zero-order chi connectivity index (χ0) is 15.0. The van der Waals surface area contributed by atoms with Crippen LogP contribution in [0.4, 0.5) is 5.82 Å². The normalized spacial score (nSPS) is 12.8. The third-order valence-electron chi connectivity index (χ3n) is 3.53. The molecule has 0 saturated carbocycles. The summed E-state index contributed by atoms with van der Waals surface area (Å²) in [5, 5.41) is 7.75. The molecule has 0 aliphatic heterocycles. The van der Waals surface area contributed by atoms with Gasteiger partial charge in [0, 0.05) is 21.5 Å². The molecule has 21 heavy (non-hydrogen) atoms. The number of hydrogen-bond donors (Lipinski definition) is 1. The molecule has 0 radical (unpaired) electrons. The van der Waals surface area contributed by atoms with E-state index in [0.29, 0.717) is 5.78 Å². The quantitative estimate of drug-likeness (QED) is 0.801. The number of hydrogen-bond acceptors (Lipinski definition) is 5. The van der Waals surface area contributed by atoms with Crippen LogP contribution >= 0.6 is 11.3 Å². The van der Waals surface area contributed by atoms with Crippen LogP contribution in [0, 0.1) is 13.8 Å². The smallest absolute Gasteiger partial charge is 0.254 e. The predicted molar refractivity (Wildman–Crippen MR) is 86.0 cm³/mol. The van der Waals surface area contributed by atoms with Gasteiger partial charge in [-0.2, -0.15) is 14.6 Å². The van der Waals surface area contributed by atoms with E-state index < -0.39 is 0 Å². The highest BCUT2D eigenvalue weighted by Gasteiger charge is 2.13. The van der Waals surface area contributed by atoms with Gasteiger partial charge in [0.2, 0.25) is 0 Å². The van der Waals surface area contributed by atoms with Gasteiger partial charge in [-0.3, -0.25) is 0 Å². The van der Waals surface area contributed by atoms with Crippen molar-refractivity contribution in [2.45, 2.75) is 40.2 Å². The van der Waals surface area contributed by atoms with Crippen LogP contribution in [-0.4, -0.2) is 19.6 Å². The van der Waals surface area contributed by atoms with Crippen LogP contribution in [0.25, 0.3) is 5.78 Å². The van der Waals surface area contributed by atoms with E-state index in [1.54, 1.807) is 4.52 Å². The Balaban J connectivity index is 1.92. The van der Waals surface area contributed by atoms with Crippen molar-refractivity contribution in [3.63, 3.8) is 0 Å². The lowest BCUT2D eigenvalue weighted by atomic mass is 10.2. The van der Waals surface area contributed by atoms with Crippen LogP contribution in [0.3, 0.4) is 0 Å². The zero-order valence-electron chi connectivity index (χ0n) is 12.7. The molecule has 0 aliphatic rings. The molecule has 5 nitrogen and oxygen atoms in total. The second-order valence-electron chi connectivity index (χ2n) is 5.23. The molecule has 0 spiro atoms. The standard InChI is InChI=1S/C15H19N5S/c1-5-12-9(2)6-13(21-12)11(4)19-14-7-10(3)18-15-16-8-17-20(14)15/h6-8,11,19H,5H2,1-4H3.